The Morgan fingerprint density at radius 2 is 1.81 bits per heavy atom. The first-order chi connectivity index (χ1) is 6.80. The van der Waals surface area contributed by atoms with Crippen molar-refractivity contribution in [3.8, 4) is 0 Å². The Morgan fingerprint density at radius 1 is 1.19 bits per heavy atom. The molecular formula is C14H22SiZr-4. The van der Waals surface area contributed by atoms with Gasteiger partial charge in [0.25, 0.3) is 0 Å². The van der Waals surface area contributed by atoms with E-state index in [1.54, 1.807) is 23.3 Å². The summed E-state index contributed by atoms with van der Waals surface area (Å²) in [7, 11) is 0. The molecule has 0 saturated carbocycles. The molecule has 16 heavy (non-hydrogen) atoms. The Morgan fingerprint density at radius 3 is 1.94 bits per heavy atom. The van der Waals surface area contributed by atoms with E-state index in [-0.39, 0.29) is 14.9 Å². The molecule has 0 bridgehead atoms. The van der Waals surface area contributed by atoms with Crippen LogP contribution in [0.15, 0.2) is 35.5 Å². The summed E-state index contributed by atoms with van der Waals surface area (Å²) in [6, 6.07) is 0. The van der Waals surface area contributed by atoms with E-state index >= 15 is 0 Å². The van der Waals surface area contributed by atoms with Gasteiger partial charge in [-0.05, 0) is 0 Å². The second-order valence-electron chi connectivity index (χ2n) is 2.90. The van der Waals surface area contributed by atoms with Crippen molar-refractivity contribution in [1.29, 1.82) is 0 Å². The van der Waals surface area contributed by atoms with Crippen LogP contribution in [0, 0.1) is 27.0 Å². The minimum atomic E-state index is 0. The summed E-state index contributed by atoms with van der Waals surface area (Å²) in [4.78, 5) is 0. The quantitative estimate of drug-likeness (QED) is 0.475. The molecule has 90 valence electrons. The van der Waals surface area contributed by atoms with Crippen molar-refractivity contribution in [2.75, 3.05) is 0 Å². The average Bonchev–Trinajstić information content (AvgIpc) is 2.86. The van der Waals surface area contributed by atoms with Gasteiger partial charge < -0.3 is 14.9 Å². The molecule has 0 radical (unpaired) electrons. The molecule has 0 heterocycles. The van der Waals surface area contributed by atoms with Gasteiger partial charge in [-0.15, -0.1) is 19.8 Å². The SMILES string of the molecule is CC1=[C-]CC=C1C.[C-]1=CC=CC1.[CH3-].[CH3-].[SiH2]=[Zr]. The maximum absolute atomic E-state index is 3.19. The van der Waals surface area contributed by atoms with Crippen LogP contribution in [0.1, 0.15) is 26.7 Å². The molecule has 2 heteroatoms. The molecule has 0 fully saturated rings. The molecule has 0 aromatic rings. The number of rotatable bonds is 0. The summed E-state index contributed by atoms with van der Waals surface area (Å²) < 4.78 is 0. The zero-order chi connectivity index (χ0) is 10.8. The van der Waals surface area contributed by atoms with Crippen LogP contribution >= 0.6 is 0 Å². The summed E-state index contributed by atoms with van der Waals surface area (Å²) in [5, 5.41) is 0. The van der Waals surface area contributed by atoms with Crippen LogP contribution in [-0.4, -0.2) is 6.88 Å². The number of hydrogen-bond acceptors (Lipinski definition) is 0. The van der Waals surface area contributed by atoms with Crippen LogP contribution in [-0.2, 0) is 23.3 Å². The van der Waals surface area contributed by atoms with E-state index in [4.69, 9.17) is 0 Å². The van der Waals surface area contributed by atoms with Gasteiger partial charge in [0.05, 0.1) is 0 Å². The van der Waals surface area contributed by atoms with Gasteiger partial charge in [0.1, 0.15) is 0 Å². The van der Waals surface area contributed by atoms with Gasteiger partial charge in [-0.1, -0.05) is 6.92 Å². The Kier molecular flexibility index (Phi) is 20.1. The first-order valence-corrected chi connectivity index (χ1v) is 10.5. The average molecular weight is 310 g/mol. The van der Waals surface area contributed by atoms with Gasteiger partial charge in [-0.3, -0.25) is 12.2 Å². The van der Waals surface area contributed by atoms with Crippen molar-refractivity contribution in [3.63, 3.8) is 0 Å². The van der Waals surface area contributed by atoms with E-state index in [0.717, 1.165) is 12.8 Å². The van der Waals surface area contributed by atoms with Gasteiger partial charge in [0, 0.05) is 0 Å². The second kappa shape index (κ2) is 15.1. The third-order valence-corrected chi connectivity index (χ3v) is 1.95. The summed E-state index contributed by atoms with van der Waals surface area (Å²) in [5.74, 6) is 0. The summed E-state index contributed by atoms with van der Waals surface area (Å²) in [5.41, 5.74) is 2.71. The zero-order valence-electron chi connectivity index (χ0n) is 10.9. The van der Waals surface area contributed by atoms with Gasteiger partial charge in [0.2, 0.25) is 0 Å². The predicted octanol–water partition coefficient (Wildman–Crippen LogP) is 3.37. The van der Waals surface area contributed by atoms with E-state index in [1.807, 2.05) is 19.0 Å². The molecule has 0 N–H and O–H groups in total. The minimum absolute atomic E-state index is 0. The normalized spacial score (nSPS) is 14.1. The van der Waals surface area contributed by atoms with Gasteiger partial charge in [-0.2, -0.15) is 12.2 Å². The Labute approximate surface area is 119 Å². The van der Waals surface area contributed by atoms with Crippen LogP contribution in [0.2, 0.25) is 0 Å². The van der Waals surface area contributed by atoms with Gasteiger partial charge in [-0.25, -0.2) is 23.3 Å². The van der Waals surface area contributed by atoms with E-state index in [0.29, 0.717) is 0 Å². The fraction of sp³-hybridized carbons (Fsp3) is 0.286. The zero-order valence-corrected chi connectivity index (χ0v) is 14.8. The van der Waals surface area contributed by atoms with Crippen molar-refractivity contribution in [3.05, 3.63) is 62.5 Å². The number of allylic oxidation sites excluding steroid dienone is 8. The molecule has 0 nitrogen and oxygen atoms in total. The molecular weight excluding hydrogens is 287 g/mol. The van der Waals surface area contributed by atoms with Crippen LogP contribution in [0.25, 0.3) is 0 Å². The third kappa shape index (κ3) is 10.6. The molecule has 2 aliphatic carbocycles. The second-order valence-corrected chi connectivity index (χ2v) is 2.90. The van der Waals surface area contributed by atoms with E-state index in [9.17, 15) is 0 Å². The fourth-order valence-electron chi connectivity index (χ4n) is 0.990. The number of hydrogen-bond donors (Lipinski definition) is 0. The molecule has 0 saturated heterocycles. The fourth-order valence-corrected chi connectivity index (χ4v) is 0.990. The van der Waals surface area contributed by atoms with Crippen LogP contribution in [0.3, 0.4) is 0 Å². The van der Waals surface area contributed by atoms with Crippen molar-refractivity contribution < 1.29 is 23.3 Å². The first-order valence-electron chi connectivity index (χ1n) is 4.62. The molecule has 0 aromatic heterocycles. The Bertz CT molecular complexity index is 246. The van der Waals surface area contributed by atoms with E-state index < -0.39 is 0 Å². The molecule has 0 aromatic carbocycles. The van der Waals surface area contributed by atoms with Crippen molar-refractivity contribution in [1.82, 2.24) is 0 Å². The molecule has 2 rings (SSSR count). The van der Waals surface area contributed by atoms with Crippen LogP contribution in [0.5, 0.6) is 0 Å². The maximum atomic E-state index is 3.19. The van der Waals surface area contributed by atoms with E-state index in [1.165, 1.54) is 11.1 Å². The topological polar surface area (TPSA) is 0 Å². The Hall–Kier alpha value is 0.0600. The van der Waals surface area contributed by atoms with Gasteiger partial charge in [0.15, 0.2) is 0 Å². The molecule has 0 amide bonds. The summed E-state index contributed by atoms with van der Waals surface area (Å²) in [6.07, 6.45) is 16.4. The van der Waals surface area contributed by atoms with Gasteiger partial charge >= 0.3 is 30.2 Å². The van der Waals surface area contributed by atoms with Crippen LogP contribution < -0.4 is 0 Å². The van der Waals surface area contributed by atoms with Crippen molar-refractivity contribution >= 4 is 6.88 Å². The Balaban J connectivity index is -0.000000169. The monoisotopic (exact) mass is 308 g/mol. The molecule has 0 spiro atoms. The molecule has 0 unspecified atom stereocenters. The molecule has 0 atom stereocenters. The molecule has 0 aliphatic heterocycles. The van der Waals surface area contributed by atoms with Crippen LogP contribution in [0.4, 0.5) is 0 Å². The third-order valence-electron chi connectivity index (χ3n) is 1.95. The van der Waals surface area contributed by atoms with E-state index in [2.05, 4.69) is 38.2 Å². The summed E-state index contributed by atoms with van der Waals surface area (Å²) >= 11 is 1.58. The first kappa shape index (κ1) is 21.4. The molecule has 2 aliphatic rings. The summed E-state index contributed by atoms with van der Waals surface area (Å²) in [6.45, 7) is 6.17. The predicted molar refractivity (Wildman–Crippen MR) is 73.7 cm³/mol. The van der Waals surface area contributed by atoms with Crippen molar-refractivity contribution in [2.45, 2.75) is 26.7 Å². The van der Waals surface area contributed by atoms with Crippen molar-refractivity contribution in [2.24, 2.45) is 0 Å². The standard InChI is InChI=1S/C7H9.C5H5.2CH3.H2Si.Zr/c1-6-4-3-5-7(6)2;1-2-4-5-3-1;;;;/h4H,3H2,1-2H3;1-3H,4H2;2*1H3;1H2;/q4*-1;;.